The standard InChI is InChI=1S/C9H8BrN3S/c10-9-8(2-1-3-11-9)12-4-7-5-14-6-13-7/h1-3,5-6,12H,4H2. The Morgan fingerprint density at radius 1 is 1.43 bits per heavy atom. The first-order valence-corrected chi connectivity index (χ1v) is 5.81. The van der Waals surface area contributed by atoms with Crippen LogP contribution >= 0.6 is 27.3 Å². The smallest absolute Gasteiger partial charge is 0.129 e. The molecule has 2 aromatic rings. The number of anilines is 1. The third-order valence-corrected chi connectivity index (χ3v) is 2.97. The van der Waals surface area contributed by atoms with Gasteiger partial charge in [0, 0.05) is 11.6 Å². The predicted octanol–water partition coefficient (Wildman–Crippen LogP) is 2.91. The maximum absolute atomic E-state index is 4.18. The van der Waals surface area contributed by atoms with Crippen LogP contribution in [0.5, 0.6) is 0 Å². The lowest BCUT2D eigenvalue weighted by Crippen LogP contribution is -2.00. The molecule has 0 aliphatic heterocycles. The number of hydrogen-bond acceptors (Lipinski definition) is 4. The van der Waals surface area contributed by atoms with Crippen molar-refractivity contribution in [2.24, 2.45) is 0 Å². The molecule has 0 amide bonds. The summed E-state index contributed by atoms with van der Waals surface area (Å²) in [7, 11) is 0. The third-order valence-electron chi connectivity index (χ3n) is 1.70. The molecule has 0 aromatic carbocycles. The first-order valence-electron chi connectivity index (χ1n) is 4.08. The molecule has 0 unspecified atom stereocenters. The van der Waals surface area contributed by atoms with E-state index < -0.39 is 0 Å². The molecule has 0 bridgehead atoms. The molecule has 2 aromatic heterocycles. The molecule has 5 heteroatoms. The van der Waals surface area contributed by atoms with Gasteiger partial charge in [0.25, 0.3) is 0 Å². The number of aromatic nitrogens is 2. The van der Waals surface area contributed by atoms with Gasteiger partial charge in [0.15, 0.2) is 0 Å². The van der Waals surface area contributed by atoms with Crippen LogP contribution < -0.4 is 5.32 Å². The zero-order valence-electron chi connectivity index (χ0n) is 7.27. The van der Waals surface area contributed by atoms with Crippen LogP contribution in [0.1, 0.15) is 5.69 Å². The Morgan fingerprint density at radius 2 is 2.36 bits per heavy atom. The fourth-order valence-electron chi connectivity index (χ4n) is 1.03. The van der Waals surface area contributed by atoms with E-state index in [-0.39, 0.29) is 0 Å². The van der Waals surface area contributed by atoms with Gasteiger partial charge in [-0.15, -0.1) is 11.3 Å². The molecule has 0 saturated heterocycles. The van der Waals surface area contributed by atoms with Crippen molar-refractivity contribution in [1.29, 1.82) is 0 Å². The number of pyridine rings is 1. The molecule has 14 heavy (non-hydrogen) atoms. The summed E-state index contributed by atoms with van der Waals surface area (Å²) in [4.78, 5) is 8.30. The zero-order chi connectivity index (χ0) is 9.80. The number of thiazole rings is 1. The van der Waals surface area contributed by atoms with E-state index in [2.05, 4.69) is 31.2 Å². The maximum atomic E-state index is 4.18. The van der Waals surface area contributed by atoms with Gasteiger partial charge in [0.05, 0.1) is 23.4 Å². The summed E-state index contributed by atoms with van der Waals surface area (Å²) in [5, 5.41) is 5.28. The number of nitrogens with zero attached hydrogens (tertiary/aromatic N) is 2. The van der Waals surface area contributed by atoms with Crippen molar-refractivity contribution in [3.8, 4) is 0 Å². The summed E-state index contributed by atoms with van der Waals surface area (Å²) >= 11 is 4.97. The Labute approximate surface area is 94.4 Å². The number of halogens is 1. The van der Waals surface area contributed by atoms with Crippen molar-refractivity contribution in [1.82, 2.24) is 9.97 Å². The Morgan fingerprint density at radius 3 is 3.07 bits per heavy atom. The Balaban J connectivity index is 2.02. The minimum atomic E-state index is 0.730. The molecule has 0 saturated carbocycles. The van der Waals surface area contributed by atoms with Gasteiger partial charge in [-0.25, -0.2) is 9.97 Å². The highest BCUT2D eigenvalue weighted by Gasteiger charge is 1.99. The van der Waals surface area contributed by atoms with Crippen LogP contribution in [0, 0.1) is 0 Å². The first-order chi connectivity index (χ1) is 6.86. The van der Waals surface area contributed by atoms with Crippen LogP contribution in [-0.2, 0) is 6.54 Å². The molecular formula is C9H8BrN3S. The van der Waals surface area contributed by atoms with Crippen LogP contribution in [0.3, 0.4) is 0 Å². The monoisotopic (exact) mass is 269 g/mol. The van der Waals surface area contributed by atoms with Crippen LogP contribution in [0.25, 0.3) is 0 Å². The quantitative estimate of drug-likeness (QED) is 0.871. The van der Waals surface area contributed by atoms with Gasteiger partial charge in [-0.2, -0.15) is 0 Å². The number of rotatable bonds is 3. The molecule has 0 atom stereocenters. The lowest BCUT2D eigenvalue weighted by Gasteiger charge is -2.04. The molecule has 2 heterocycles. The van der Waals surface area contributed by atoms with Crippen molar-refractivity contribution >= 4 is 33.0 Å². The fourth-order valence-corrected chi connectivity index (χ4v) is 1.98. The minimum Gasteiger partial charge on any atom is -0.377 e. The summed E-state index contributed by atoms with van der Waals surface area (Å²) in [5.41, 5.74) is 3.86. The average molecular weight is 270 g/mol. The second kappa shape index (κ2) is 4.52. The van der Waals surface area contributed by atoms with Crippen LogP contribution in [0.4, 0.5) is 5.69 Å². The molecule has 0 aliphatic rings. The lowest BCUT2D eigenvalue weighted by molar-refractivity contribution is 1.06. The molecule has 0 radical (unpaired) electrons. The van der Waals surface area contributed by atoms with Crippen LogP contribution in [-0.4, -0.2) is 9.97 Å². The lowest BCUT2D eigenvalue weighted by atomic mass is 10.4. The zero-order valence-corrected chi connectivity index (χ0v) is 9.68. The van der Waals surface area contributed by atoms with Gasteiger partial charge >= 0.3 is 0 Å². The van der Waals surface area contributed by atoms with E-state index in [0.717, 1.165) is 22.5 Å². The van der Waals surface area contributed by atoms with Crippen LogP contribution in [0.15, 0.2) is 33.8 Å². The Bertz CT molecular complexity index is 402. The molecule has 0 aliphatic carbocycles. The Kier molecular flexibility index (Phi) is 3.10. The minimum absolute atomic E-state index is 0.730. The van der Waals surface area contributed by atoms with Crippen molar-refractivity contribution in [2.45, 2.75) is 6.54 Å². The van der Waals surface area contributed by atoms with E-state index in [1.807, 2.05) is 23.0 Å². The highest BCUT2D eigenvalue weighted by atomic mass is 79.9. The van der Waals surface area contributed by atoms with Crippen molar-refractivity contribution < 1.29 is 0 Å². The van der Waals surface area contributed by atoms with Crippen molar-refractivity contribution in [3.05, 3.63) is 39.5 Å². The molecule has 72 valence electrons. The molecular weight excluding hydrogens is 262 g/mol. The second-order valence-electron chi connectivity index (χ2n) is 2.68. The van der Waals surface area contributed by atoms with Crippen molar-refractivity contribution in [2.75, 3.05) is 5.32 Å². The van der Waals surface area contributed by atoms with Crippen molar-refractivity contribution in [3.63, 3.8) is 0 Å². The summed E-state index contributed by atoms with van der Waals surface area (Å²) in [5.74, 6) is 0. The van der Waals surface area contributed by atoms with E-state index in [1.54, 1.807) is 17.5 Å². The number of hydrogen-bond donors (Lipinski definition) is 1. The predicted molar refractivity (Wildman–Crippen MR) is 61.4 cm³/mol. The van der Waals surface area contributed by atoms with Gasteiger partial charge in [-0.05, 0) is 28.1 Å². The van der Waals surface area contributed by atoms with E-state index in [1.165, 1.54) is 0 Å². The van der Waals surface area contributed by atoms with Crippen LogP contribution in [0.2, 0.25) is 0 Å². The summed E-state index contributed by atoms with van der Waals surface area (Å²) in [6.45, 7) is 0.730. The largest absolute Gasteiger partial charge is 0.377 e. The highest BCUT2D eigenvalue weighted by molar-refractivity contribution is 9.10. The van der Waals surface area contributed by atoms with Gasteiger partial charge in [-0.3, -0.25) is 0 Å². The molecule has 0 spiro atoms. The van der Waals surface area contributed by atoms with Gasteiger partial charge in [-0.1, -0.05) is 0 Å². The summed E-state index contributed by atoms with van der Waals surface area (Å²) in [6.07, 6.45) is 1.75. The van der Waals surface area contributed by atoms with Gasteiger partial charge in [0.2, 0.25) is 0 Å². The third kappa shape index (κ3) is 2.30. The molecule has 1 N–H and O–H groups in total. The van der Waals surface area contributed by atoms with Gasteiger partial charge < -0.3 is 5.32 Å². The topological polar surface area (TPSA) is 37.8 Å². The van der Waals surface area contributed by atoms with Gasteiger partial charge in [0.1, 0.15) is 4.60 Å². The molecule has 3 nitrogen and oxygen atoms in total. The van der Waals surface area contributed by atoms with E-state index in [0.29, 0.717) is 0 Å². The van der Waals surface area contributed by atoms with E-state index in [9.17, 15) is 0 Å². The molecule has 0 fully saturated rings. The molecule has 2 rings (SSSR count). The van der Waals surface area contributed by atoms with E-state index in [4.69, 9.17) is 0 Å². The SMILES string of the molecule is Brc1ncccc1NCc1cscn1. The summed E-state index contributed by atoms with van der Waals surface area (Å²) < 4.78 is 0.829. The summed E-state index contributed by atoms with van der Waals surface area (Å²) in [6, 6.07) is 3.87. The Hall–Kier alpha value is -0.940. The maximum Gasteiger partial charge on any atom is 0.129 e. The van der Waals surface area contributed by atoms with E-state index >= 15 is 0 Å². The average Bonchev–Trinajstić information content (AvgIpc) is 2.69. The fraction of sp³-hybridized carbons (Fsp3) is 0.111. The second-order valence-corrected chi connectivity index (χ2v) is 4.14. The first kappa shape index (κ1) is 9.61. The number of nitrogens with one attached hydrogen (secondary N) is 1. The normalized spacial score (nSPS) is 10.1. The highest BCUT2D eigenvalue weighted by Crippen LogP contribution is 2.18.